The summed E-state index contributed by atoms with van der Waals surface area (Å²) in [6.45, 7) is 3.43. The van der Waals surface area contributed by atoms with E-state index in [4.69, 9.17) is 9.15 Å². The van der Waals surface area contributed by atoms with Gasteiger partial charge in [0.1, 0.15) is 17.9 Å². The maximum absolute atomic E-state index is 11.6. The number of carbonyl (C=O) groups excluding carboxylic acids is 1. The molecule has 2 aromatic rings. The quantitative estimate of drug-likeness (QED) is 0.406. The molecule has 0 spiro atoms. The number of rotatable bonds is 4. The molecule has 114 valence electrons. The zero-order chi connectivity index (χ0) is 16.1. The van der Waals surface area contributed by atoms with Crippen molar-refractivity contribution in [1.29, 1.82) is 0 Å². The van der Waals surface area contributed by atoms with E-state index in [2.05, 4.69) is 0 Å². The van der Waals surface area contributed by atoms with Gasteiger partial charge in [-0.15, -0.1) is 0 Å². The number of esters is 1. The van der Waals surface area contributed by atoms with Crippen molar-refractivity contribution in [2.75, 3.05) is 0 Å². The maximum Gasteiger partial charge on any atom is 0.336 e. The van der Waals surface area contributed by atoms with Crippen LogP contribution in [0.5, 0.6) is 5.75 Å². The molecule has 5 nitrogen and oxygen atoms in total. The predicted molar refractivity (Wildman–Crippen MR) is 82.6 cm³/mol. The zero-order valence-electron chi connectivity index (χ0n) is 12.3. The number of phenols is 1. The topological polar surface area (TPSA) is 76.7 Å². The monoisotopic (exact) mass is 300 g/mol. The summed E-state index contributed by atoms with van der Waals surface area (Å²) in [5, 5.41) is 10.3. The molecule has 0 aliphatic heterocycles. The van der Waals surface area contributed by atoms with Gasteiger partial charge in [-0.1, -0.05) is 18.2 Å². The Morgan fingerprint density at radius 3 is 2.86 bits per heavy atom. The largest absolute Gasteiger partial charge is 0.508 e. The van der Waals surface area contributed by atoms with E-state index in [0.717, 1.165) is 0 Å². The van der Waals surface area contributed by atoms with E-state index < -0.39 is 11.6 Å². The minimum Gasteiger partial charge on any atom is -0.508 e. The van der Waals surface area contributed by atoms with E-state index >= 15 is 0 Å². The highest BCUT2D eigenvalue weighted by Gasteiger charge is 2.11. The molecule has 0 unspecified atom stereocenters. The summed E-state index contributed by atoms with van der Waals surface area (Å²) in [6, 6.07) is 4.41. The lowest BCUT2D eigenvalue weighted by atomic mass is 10.1. The number of ether oxygens (including phenoxy) is 1. The van der Waals surface area contributed by atoms with Crippen LogP contribution in [-0.4, -0.2) is 11.1 Å². The molecular weight excluding hydrogens is 284 g/mol. The van der Waals surface area contributed by atoms with Crippen LogP contribution in [0.15, 0.2) is 51.7 Å². The molecule has 22 heavy (non-hydrogen) atoms. The van der Waals surface area contributed by atoms with Gasteiger partial charge in [-0.3, -0.25) is 0 Å². The zero-order valence-corrected chi connectivity index (χ0v) is 12.3. The van der Waals surface area contributed by atoms with E-state index in [1.807, 2.05) is 6.92 Å². The van der Waals surface area contributed by atoms with E-state index in [9.17, 15) is 14.7 Å². The van der Waals surface area contributed by atoms with Gasteiger partial charge in [-0.2, -0.15) is 0 Å². The summed E-state index contributed by atoms with van der Waals surface area (Å²) in [5.74, 6) is -0.464. The van der Waals surface area contributed by atoms with Gasteiger partial charge in [0.2, 0.25) is 0 Å². The van der Waals surface area contributed by atoms with Crippen molar-refractivity contribution in [3.05, 3.63) is 64.1 Å². The molecule has 0 radical (unpaired) electrons. The first-order valence-electron chi connectivity index (χ1n) is 6.74. The van der Waals surface area contributed by atoms with Crippen LogP contribution in [0.3, 0.4) is 0 Å². The van der Waals surface area contributed by atoms with Crippen molar-refractivity contribution in [3.63, 3.8) is 0 Å². The van der Waals surface area contributed by atoms with Gasteiger partial charge < -0.3 is 14.3 Å². The summed E-state index contributed by atoms with van der Waals surface area (Å²) >= 11 is 0. The van der Waals surface area contributed by atoms with E-state index in [1.165, 1.54) is 18.2 Å². The van der Waals surface area contributed by atoms with E-state index in [-0.39, 0.29) is 12.4 Å². The van der Waals surface area contributed by atoms with Gasteiger partial charge in [0.25, 0.3) is 0 Å². The van der Waals surface area contributed by atoms with Gasteiger partial charge in [-0.05, 0) is 26.0 Å². The number of fused-ring (bicyclic) bond motifs is 1. The molecule has 0 saturated carbocycles. The average molecular weight is 300 g/mol. The van der Waals surface area contributed by atoms with Crippen LogP contribution in [0.25, 0.3) is 11.0 Å². The van der Waals surface area contributed by atoms with Crippen LogP contribution in [0.2, 0.25) is 0 Å². The summed E-state index contributed by atoms with van der Waals surface area (Å²) in [5.41, 5.74) is 0.734. The molecule has 1 aromatic carbocycles. The smallest absolute Gasteiger partial charge is 0.336 e. The Balaban J connectivity index is 2.30. The first-order chi connectivity index (χ1) is 10.5. The summed E-state index contributed by atoms with van der Waals surface area (Å²) < 4.78 is 10.2. The molecule has 5 heteroatoms. The summed E-state index contributed by atoms with van der Waals surface area (Å²) in [7, 11) is 0. The summed E-state index contributed by atoms with van der Waals surface area (Å²) in [4.78, 5) is 23.2. The van der Waals surface area contributed by atoms with Crippen molar-refractivity contribution in [3.8, 4) is 5.75 Å². The van der Waals surface area contributed by atoms with Gasteiger partial charge in [0, 0.05) is 28.7 Å². The number of benzene rings is 1. The minimum absolute atomic E-state index is 0.0408. The van der Waals surface area contributed by atoms with Crippen LogP contribution in [0.4, 0.5) is 0 Å². The molecular formula is C17H16O5. The van der Waals surface area contributed by atoms with Crippen molar-refractivity contribution in [2.45, 2.75) is 20.5 Å². The second-order valence-electron chi connectivity index (χ2n) is 4.67. The fraction of sp³-hybridized carbons (Fsp3) is 0.176. The molecule has 2 rings (SSSR count). The molecule has 0 aliphatic carbocycles. The van der Waals surface area contributed by atoms with Gasteiger partial charge in [0.05, 0.1) is 0 Å². The standard InChI is InChI=1S/C17H16O5/c1-3-4-5-6-15(19)21-10-12-9-16(20)22-17-11(2)14(18)8-7-13(12)17/h3-9,18H,10H2,1-2H3/b4-3+,6-5+. The molecule has 0 fully saturated rings. The molecule has 0 saturated heterocycles. The van der Waals surface area contributed by atoms with Crippen LogP contribution in [-0.2, 0) is 16.1 Å². The van der Waals surface area contributed by atoms with Crippen molar-refractivity contribution < 1.29 is 19.1 Å². The molecule has 0 atom stereocenters. The number of aromatic hydroxyl groups is 1. The van der Waals surface area contributed by atoms with Crippen LogP contribution < -0.4 is 5.63 Å². The van der Waals surface area contributed by atoms with Crippen LogP contribution in [0.1, 0.15) is 18.1 Å². The van der Waals surface area contributed by atoms with Crippen LogP contribution in [0, 0.1) is 6.92 Å². The molecule has 0 bridgehead atoms. The number of hydrogen-bond donors (Lipinski definition) is 1. The summed E-state index contributed by atoms with van der Waals surface area (Å²) in [6.07, 6.45) is 6.36. The van der Waals surface area contributed by atoms with Crippen molar-refractivity contribution in [1.82, 2.24) is 0 Å². The highest BCUT2D eigenvalue weighted by Crippen LogP contribution is 2.27. The number of hydrogen-bond acceptors (Lipinski definition) is 5. The highest BCUT2D eigenvalue weighted by molar-refractivity contribution is 5.85. The Labute approximate surface area is 127 Å². The first-order valence-corrected chi connectivity index (χ1v) is 6.74. The Morgan fingerprint density at radius 1 is 1.36 bits per heavy atom. The third kappa shape index (κ3) is 3.44. The molecule has 1 heterocycles. The third-order valence-electron chi connectivity index (χ3n) is 3.12. The first kappa shape index (κ1) is 15.6. The number of carbonyl (C=O) groups is 1. The maximum atomic E-state index is 11.6. The predicted octanol–water partition coefficient (Wildman–Crippen LogP) is 2.98. The molecule has 0 amide bonds. The fourth-order valence-electron chi connectivity index (χ4n) is 1.98. The van der Waals surface area contributed by atoms with Gasteiger partial charge >= 0.3 is 11.6 Å². The highest BCUT2D eigenvalue weighted by atomic mass is 16.5. The molecule has 1 N–H and O–H groups in total. The van der Waals surface area contributed by atoms with E-state index in [1.54, 1.807) is 31.2 Å². The van der Waals surface area contributed by atoms with Gasteiger partial charge in [-0.25, -0.2) is 9.59 Å². The molecule has 0 aliphatic rings. The number of allylic oxidation sites excluding steroid dienone is 3. The van der Waals surface area contributed by atoms with Crippen molar-refractivity contribution >= 4 is 16.9 Å². The van der Waals surface area contributed by atoms with Gasteiger partial charge in [0.15, 0.2) is 0 Å². The van der Waals surface area contributed by atoms with Crippen LogP contribution >= 0.6 is 0 Å². The lowest BCUT2D eigenvalue weighted by Crippen LogP contribution is -2.06. The molecule has 1 aromatic heterocycles. The second kappa shape index (κ2) is 6.76. The fourth-order valence-corrected chi connectivity index (χ4v) is 1.98. The average Bonchev–Trinajstić information content (AvgIpc) is 2.49. The lowest BCUT2D eigenvalue weighted by molar-refractivity contribution is -0.138. The minimum atomic E-state index is -0.559. The number of aryl methyl sites for hydroxylation is 1. The van der Waals surface area contributed by atoms with Crippen molar-refractivity contribution in [2.24, 2.45) is 0 Å². The lowest BCUT2D eigenvalue weighted by Gasteiger charge is -2.08. The Kier molecular flexibility index (Phi) is 4.78. The number of phenolic OH excluding ortho intramolecular Hbond substituents is 1. The Bertz CT molecular complexity index is 812. The Morgan fingerprint density at radius 2 is 2.14 bits per heavy atom. The third-order valence-corrected chi connectivity index (χ3v) is 3.12. The normalized spacial score (nSPS) is 11.5. The second-order valence-corrected chi connectivity index (χ2v) is 4.67. The van der Waals surface area contributed by atoms with E-state index in [0.29, 0.717) is 22.1 Å². The Hall–Kier alpha value is -2.82. The SMILES string of the molecule is C/C=C/C=C/C(=O)OCc1cc(=O)oc2c(C)c(O)ccc12.